The Labute approximate surface area is 180 Å². The Bertz CT molecular complexity index is 660. The topological polar surface area (TPSA) is 78.4 Å². The molecule has 2 rings (SSSR count). The lowest BCUT2D eigenvalue weighted by atomic mass is 10.1. The van der Waals surface area contributed by atoms with Crippen LogP contribution in [-0.4, -0.2) is 94.9 Å². The van der Waals surface area contributed by atoms with Crippen molar-refractivity contribution in [3.63, 3.8) is 0 Å². The summed E-state index contributed by atoms with van der Waals surface area (Å²) in [5.41, 5.74) is 1.25. The van der Waals surface area contributed by atoms with Crippen molar-refractivity contribution in [2.75, 3.05) is 73.2 Å². The number of rotatable bonds is 11. The normalized spacial score (nSPS) is 15.2. The number of benzene rings is 1. The summed E-state index contributed by atoms with van der Waals surface area (Å²) in [5.74, 6) is 1.90. The molecule has 1 heterocycles. The molecule has 0 spiro atoms. The molecule has 1 saturated heterocycles. The molecular formula is C22H37N5O3. The number of ether oxygens (including phenoxy) is 2. The number of methoxy groups -OCH3 is 1. The summed E-state index contributed by atoms with van der Waals surface area (Å²) in [5, 5.41) is 6.33. The van der Waals surface area contributed by atoms with Crippen LogP contribution in [0.2, 0.25) is 0 Å². The molecule has 0 aliphatic carbocycles. The molecule has 0 saturated carbocycles. The number of nitrogens with zero attached hydrogens (tertiary/aromatic N) is 3. The number of amides is 1. The molecule has 0 atom stereocenters. The molecule has 8 heteroatoms. The predicted molar refractivity (Wildman–Crippen MR) is 120 cm³/mol. The van der Waals surface area contributed by atoms with Crippen molar-refractivity contribution in [2.45, 2.75) is 19.8 Å². The van der Waals surface area contributed by atoms with Crippen molar-refractivity contribution in [3.05, 3.63) is 29.8 Å². The Morgan fingerprint density at radius 3 is 2.63 bits per heavy atom. The van der Waals surface area contributed by atoms with Gasteiger partial charge in [0, 0.05) is 53.4 Å². The van der Waals surface area contributed by atoms with Gasteiger partial charge >= 0.3 is 0 Å². The maximum Gasteiger partial charge on any atom is 0.234 e. The Morgan fingerprint density at radius 2 is 1.93 bits per heavy atom. The van der Waals surface area contributed by atoms with Crippen LogP contribution < -0.4 is 15.4 Å². The van der Waals surface area contributed by atoms with Crippen LogP contribution in [0.25, 0.3) is 0 Å². The third-order valence-electron chi connectivity index (χ3n) is 4.95. The predicted octanol–water partition coefficient (Wildman–Crippen LogP) is 0.974. The summed E-state index contributed by atoms with van der Waals surface area (Å²) in [4.78, 5) is 20.8. The van der Waals surface area contributed by atoms with Crippen LogP contribution in [-0.2, 0) is 16.0 Å². The highest BCUT2D eigenvalue weighted by atomic mass is 16.5. The van der Waals surface area contributed by atoms with Crippen LogP contribution in [0, 0.1) is 0 Å². The van der Waals surface area contributed by atoms with E-state index in [0.29, 0.717) is 19.7 Å². The van der Waals surface area contributed by atoms with Gasteiger partial charge in [-0.25, -0.2) is 0 Å². The number of carbonyl (C=O) groups excluding carboxylic acids is 1. The molecule has 0 unspecified atom stereocenters. The maximum absolute atomic E-state index is 11.9. The first-order chi connectivity index (χ1) is 14.7. The van der Waals surface area contributed by atoms with Gasteiger partial charge in [0.2, 0.25) is 5.91 Å². The SMILES string of the molecule is CCCOc1cccc(CCNC(=NC)N2CCN(CC(=O)NCCOC)CC2)c1. The van der Waals surface area contributed by atoms with Crippen molar-refractivity contribution >= 4 is 11.9 Å². The summed E-state index contributed by atoms with van der Waals surface area (Å²) >= 11 is 0. The van der Waals surface area contributed by atoms with Crippen LogP contribution in [0.4, 0.5) is 0 Å². The van der Waals surface area contributed by atoms with E-state index in [9.17, 15) is 4.79 Å². The van der Waals surface area contributed by atoms with E-state index >= 15 is 0 Å². The number of nitrogens with one attached hydrogen (secondary N) is 2. The van der Waals surface area contributed by atoms with Gasteiger partial charge in [0.1, 0.15) is 5.75 Å². The van der Waals surface area contributed by atoms with Crippen LogP contribution in [0.15, 0.2) is 29.3 Å². The summed E-state index contributed by atoms with van der Waals surface area (Å²) in [6.45, 7) is 8.58. The minimum atomic E-state index is 0.0492. The molecule has 0 bridgehead atoms. The second-order valence-electron chi connectivity index (χ2n) is 7.33. The number of piperazine rings is 1. The van der Waals surface area contributed by atoms with E-state index in [-0.39, 0.29) is 5.91 Å². The first-order valence-corrected chi connectivity index (χ1v) is 10.8. The number of hydrogen-bond acceptors (Lipinski definition) is 5. The molecule has 2 N–H and O–H groups in total. The van der Waals surface area contributed by atoms with E-state index in [2.05, 4.69) is 44.5 Å². The lowest BCUT2D eigenvalue weighted by Crippen LogP contribution is -2.54. The van der Waals surface area contributed by atoms with Gasteiger partial charge in [0.15, 0.2) is 5.96 Å². The first kappa shape index (κ1) is 24.0. The van der Waals surface area contributed by atoms with Gasteiger partial charge in [-0.15, -0.1) is 0 Å². The van der Waals surface area contributed by atoms with Crippen molar-refractivity contribution < 1.29 is 14.3 Å². The van der Waals surface area contributed by atoms with Crippen LogP contribution in [0.1, 0.15) is 18.9 Å². The lowest BCUT2D eigenvalue weighted by Gasteiger charge is -2.36. The van der Waals surface area contributed by atoms with E-state index in [0.717, 1.165) is 63.9 Å². The average molecular weight is 420 g/mol. The number of aliphatic imine (C=N–C) groups is 1. The highest BCUT2D eigenvalue weighted by Gasteiger charge is 2.20. The van der Waals surface area contributed by atoms with Crippen molar-refractivity contribution in [3.8, 4) is 5.75 Å². The molecule has 1 fully saturated rings. The van der Waals surface area contributed by atoms with Crippen LogP contribution >= 0.6 is 0 Å². The summed E-state index contributed by atoms with van der Waals surface area (Å²) < 4.78 is 10.7. The largest absolute Gasteiger partial charge is 0.494 e. The first-order valence-electron chi connectivity index (χ1n) is 10.8. The van der Waals surface area contributed by atoms with Crippen molar-refractivity contribution in [1.29, 1.82) is 0 Å². The molecule has 0 radical (unpaired) electrons. The zero-order valence-electron chi connectivity index (χ0n) is 18.7. The van der Waals surface area contributed by atoms with Crippen LogP contribution in [0.3, 0.4) is 0 Å². The zero-order chi connectivity index (χ0) is 21.6. The molecule has 30 heavy (non-hydrogen) atoms. The fourth-order valence-corrected chi connectivity index (χ4v) is 3.33. The third-order valence-corrected chi connectivity index (χ3v) is 4.95. The summed E-state index contributed by atoms with van der Waals surface area (Å²) in [7, 11) is 3.45. The molecule has 1 aromatic rings. The Hall–Kier alpha value is -2.32. The maximum atomic E-state index is 11.9. The fraction of sp³-hybridized carbons (Fsp3) is 0.636. The fourth-order valence-electron chi connectivity index (χ4n) is 3.33. The van der Waals surface area contributed by atoms with Gasteiger partial charge in [-0.3, -0.25) is 14.7 Å². The molecule has 1 aliphatic heterocycles. The van der Waals surface area contributed by atoms with E-state index in [1.54, 1.807) is 7.11 Å². The van der Waals surface area contributed by atoms with Gasteiger partial charge in [-0.05, 0) is 30.5 Å². The van der Waals surface area contributed by atoms with Gasteiger partial charge < -0.3 is 25.0 Å². The number of carbonyl (C=O) groups is 1. The Balaban J connectivity index is 1.70. The monoisotopic (exact) mass is 419 g/mol. The number of hydrogen-bond donors (Lipinski definition) is 2. The standard InChI is InChI=1S/C22H37N5O3/c1-4-15-30-20-7-5-6-19(17-20)8-9-25-22(23-2)27-13-11-26(12-14-27)18-21(28)24-10-16-29-3/h5-7,17H,4,8-16,18H2,1-3H3,(H,23,25)(H,24,28). The van der Waals surface area contributed by atoms with E-state index in [4.69, 9.17) is 9.47 Å². The van der Waals surface area contributed by atoms with Crippen LogP contribution in [0.5, 0.6) is 5.75 Å². The van der Waals surface area contributed by atoms with Crippen molar-refractivity contribution in [1.82, 2.24) is 20.4 Å². The molecule has 1 aliphatic rings. The minimum Gasteiger partial charge on any atom is -0.494 e. The summed E-state index contributed by atoms with van der Waals surface area (Å²) in [6.07, 6.45) is 1.91. The van der Waals surface area contributed by atoms with Crippen molar-refractivity contribution in [2.24, 2.45) is 4.99 Å². The van der Waals surface area contributed by atoms with Gasteiger partial charge in [0.05, 0.1) is 19.8 Å². The molecule has 1 aromatic carbocycles. The highest BCUT2D eigenvalue weighted by molar-refractivity contribution is 5.80. The molecule has 168 valence electrons. The van der Waals surface area contributed by atoms with E-state index in [1.807, 2.05) is 19.2 Å². The number of guanidine groups is 1. The molecule has 1 amide bonds. The second kappa shape index (κ2) is 13.8. The van der Waals surface area contributed by atoms with Gasteiger partial charge in [-0.2, -0.15) is 0 Å². The quantitative estimate of drug-likeness (QED) is 0.316. The average Bonchev–Trinajstić information content (AvgIpc) is 2.76. The highest BCUT2D eigenvalue weighted by Crippen LogP contribution is 2.14. The minimum absolute atomic E-state index is 0.0492. The smallest absolute Gasteiger partial charge is 0.234 e. The lowest BCUT2D eigenvalue weighted by molar-refractivity contribution is -0.122. The molecule has 0 aromatic heterocycles. The summed E-state index contributed by atoms with van der Waals surface area (Å²) in [6, 6.07) is 8.28. The molecule has 8 nitrogen and oxygen atoms in total. The van der Waals surface area contributed by atoms with E-state index in [1.165, 1.54) is 5.56 Å². The zero-order valence-corrected chi connectivity index (χ0v) is 18.7. The van der Waals surface area contributed by atoms with Gasteiger partial charge in [0.25, 0.3) is 0 Å². The third kappa shape index (κ3) is 8.59. The second-order valence-corrected chi connectivity index (χ2v) is 7.33. The van der Waals surface area contributed by atoms with Gasteiger partial charge in [-0.1, -0.05) is 19.1 Å². The van der Waals surface area contributed by atoms with E-state index < -0.39 is 0 Å². The molecular weight excluding hydrogens is 382 g/mol. The Morgan fingerprint density at radius 1 is 1.13 bits per heavy atom. The Kier molecular flexibility index (Phi) is 11.0.